The zero-order valence-corrected chi connectivity index (χ0v) is 21.6. The number of hydrogen-bond donors (Lipinski definition) is 2. The molecule has 2 aromatic carbocycles. The van der Waals surface area contributed by atoms with Crippen LogP contribution in [0.5, 0.6) is 0 Å². The van der Waals surface area contributed by atoms with Crippen molar-refractivity contribution in [3.8, 4) is 0 Å². The van der Waals surface area contributed by atoms with Crippen molar-refractivity contribution in [1.29, 1.82) is 0 Å². The fourth-order valence-electron chi connectivity index (χ4n) is 3.12. The Kier molecular flexibility index (Phi) is 12.4. The van der Waals surface area contributed by atoms with E-state index in [4.69, 9.17) is 0 Å². The maximum absolute atomic E-state index is 12.6. The van der Waals surface area contributed by atoms with E-state index in [-0.39, 0.29) is 42.3 Å². The highest BCUT2D eigenvalue weighted by Crippen LogP contribution is 2.08. The summed E-state index contributed by atoms with van der Waals surface area (Å²) in [5.74, 6) is 0.579. The van der Waals surface area contributed by atoms with Gasteiger partial charge in [0.2, 0.25) is 5.91 Å². The minimum Gasteiger partial charge on any atom is -0.356 e. The third-order valence-electron chi connectivity index (χ3n) is 4.87. The smallest absolute Gasteiger partial charge is 0.253 e. The number of rotatable bonds is 9. The summed E-state index contributed by atoms with van der Waals surface area (Å²) in [4.78, 5) is 32.3. The molecule has 0 aliphatic rings. The molecule has 0 unspecified atom stereocenters. The number of hydrogen-bond acceptors (Lipinski definition) is 3. The number of benzene rings is 2. The maximum atomic E-state index is 12.6. The van der Waals surface area contributed by atoms with Crippen LogP contribution in [0.15, 0.2) is 59.6 Å². The number of carbonyl (C=O) groups is 2. The van der Waals surface area contributed by atoms with Crippen LogP contribution in [-0.4, -0.2) is 68.4 Å². The fraction of sp³-hybridized carbons (Fsp3) is 0.375. The van der Waals surface area contributed by atoms with E-state index in [2.05, 4.69) is 15.6 Å². The molecule has 0 heterocycles. The molecule has 8 heteroatoms. The molecule has 2 amide bonds. The zero-order chi connectivity index (χ0) is 22.6. The van der Waals surface area contributed by atoms with Crippen LogP contribution in [0, 0.1) is 0 Å². The van der Waals surface area contributed by atoms with Crippen molar-refractivity contribution in [2.24, 2.45) is 4.99 Å². The van der Waals surface area contributed by atoms with Gasteiger partial charge in [0.1, 0.15) is 0 Å². The van der Waals surface area contributed by atoms with Gasteiger partial charge in [0.15, 0.2) is 5.96 Å². The molecule has 0 bridgehead atoms. The first-order valence-electron chi connectivity index (χ1n) is 10.5. The second kappa shape index (κ2) is 14.4. The molecule has 0 radical (unpaired) electrons. The average Bonchev–Trinajstić information content (AvgIpc) is 2.79. The van der Waals surface area contributed by atoms with E-state index in [0.717, 1.165) is 17.5 Å². The van der Waals surface area contributed by atoms with Crippen molar-refractivity contribution in [3.63, 3.8) is 0 Å². The molecule has 7 nitrogen and oxygen atoms in total. The number of amides is 2. The topological polar surface area (TPSA) is 77.0 Å². The minimum absolute atomic E-state index is 0. The molecule has 0 spiro atoms. The molecule has 0 aliphatic heterocycles. The Morgan fingerprint density at radius 2 is 1.66 bits per heavy atom. The third kappa shape index (κ3) is 8.86. The Balaban J connectivity index is 0.00000512. The van der Waals surface area contributed by atoms with E-state index in [1.807, 2.05) is 66.4 Å². The highest BCUT2D eigenvalue weighted by molar-refractivity contribution is 14.0. The van der Waals surface area contributed by atoms with Gasteiger partial charge in [0, 0.05) is 46.3 Å². The summed E-state index contributed by atoms with van der Waals surface area (Å²) >= 11 is 0. The number of nitrogens with one attached hydrogen (secondary N) is 2. The Bertz CT molecular complexity index is 887. The summed E-state index contributed by atoms with van der Waals surface area (Å²) in [6, 6.07) is 17.6. The summed E-state index contributed by atoms with van der Waals surface area (Å²) < 4.78 is 0. The van der Waals surface area contributed by atoms with Crippen molar-refractivity contribution < 1.29 is 9.59 Å². The van der Waals surface area contributed by atoms with Crippen molar-refractivity contribution >= 4 is 41.8 Å². The summed E-state index contributed by atoms with van der Waals surface area (Å²) in [6.45, 7) is 4.01. The highest BCUT2D eigenvalue weighted by atomic mass is 127. The van der Waals surface area contributed by atoms with Crippen molar-refractivity contribution in [2.75, 3.05) is 40.8 Å². The molecule has 2 aromatic rings. The molecular formula is C24H34IN5O2. The highest BCUT2D eigenvalue weighted by Gasteiger charge is 2.13. The number of nitrogens with zero attached hydrogens (tertiary/aromatic N) is 3. The molecule has 174 valence electrons. The SMILES string of the molecule is CCN(Cc1ccccc1)C(=O)CNC(=NC)NCCc1cccc(C(=O)N(C)C)c1.I. The minimum atomic E-state index is -0.0122. The lowest BCUT2D eigenvalue weighted by molar-refractivity contribution is -0.130. The Morgan fingerprint density at radius 1 is 0.969 bits per heavy atom. The predicted molar refractivity (Wildman–Crippen MR) is 140 cm³/mol. The standard InChI is InChI=1S/C24H33N5O2.HI/c1-5-29(18-20-10-7-6-8-11-20)22(30)17-27-24(25-2)26-15-14-19-12-9-13-21(16-19)23(31)28(3)4;/h6-13,16H,5,14-15,17-18H2,1-4H3,(H2,25,26,27);1H. The van der Waals surface area contributed by atoms with Crippen LogP contribution in [0.4, 0.5) is 0 Å². The lowest BCUT2D eigenvalue weighted by atomic mass is 10.1. The van der Waals surface area contributed by atoms with Crippen LogP contribution in [0.25, 0.3) is 0 Å². The second-order valence-electron chi connectivity index (χ2n) is 7.40. The van der Waals surface area contributed by atoms with Gasteiger partial charge in [0.05, 0.1) is 6.54 Å². The van der Waals surface area contributed by atoms with Gasteiger partial charge in [-0.1, -0.05) is 42.5 Å². The van der Waals surface area contributed by atoms with Gasteiger partial charge in [-0.2, -0.15) is 0 Å². The number of guanidine groups is 1. The molecule has 0 saturated carbocycles. The molecule has 0 aromatic heterocycles. The Labute approximate surface area is 208 Å². The summed E-state index contributed by atoms with van der Waals surface area (Å²) in [7, 11) is 5.16. The van der Waals surface area contributed by atoms with Crippen LogP contribution in [-0.2, 0) is 17.8 Å². The van der Waals surface area contributed by atoms with Crippen LogP contribution in [0.2, 0.25) is 0 Å². The molecule has 0 aliphatic carbocycles. The first-order chi connectivity index (χ1) is 14.9. The number of carbonyl (C=O) groups excluding carboxylic acids is 2. The molecule has 0 saturated heterocycles. The normalized spacial score (nSPS) is 10.7. The lowest BCUT2D eigenvalue weighted by Gasteiger charge is -2.22. The largest absolute Gasteiger partial charge is 0.356 e. The van der Waals surface area contributed by atoms with E-state index < -0.39 is 0 Å². The van der Waals surface area contributed by atoms with Crippen LogP contribution in [0.1, 0.15) is 28.4 Å². The lowest BCUT2D eigenvalue weighted by Crippen LogP contribution is -2.44. The molecule has 0 atom stereocenters. The monoisotopic (exact) mass is 551 g/mol. The first-order valence-corrected chi connectivity index (χ1v) is 10.5. The van der Waals surface area contributed by atoms with Gasteiger partial charge in [-0.05, 0) is 36.6 Å². The van der Waals surface area contributed by atoms with Crippen molar-refractivity contribution in [1.82, 2.24) is 20.4 Å². The second-order valence-corrected chi connectivity index (χ2v) is 7.40. The average molecular weight is 551 g/mol. The molecule has 32 heavy (non-hydrogen) atoms. The third-order valence-corrected chi connectivity index (χ3v) is 4.87. The van der Waals surface area contributed by atoms with Gasteiger partial charge in [-0.25, -0.2) is 0 Å². The first kappa shape index (κ1) is 27.4. The van der Waals surface area contributed by atoms with Gasteiger partial charge in [-0.3, -0.25) is 14.6 Å². The van der Waals surface area contributed by atoms with Crippen molar-refractivity contribution in [2.45, 2.75) is 19.9 Å². The number of aliphatic imine (C=N–C) groups is 1. The summed E-state index contributed by atoms with van der Waals surface area (Å²) in [5, 5.41) is 6.31. The van der Waals surface area contributed by atoms with E-state index in [9.17, 15) is 9.59 Å². The van der Waals surface area contributed by atoms with Crippen LogP contribution >= 0.6 is 24.0 Å². The van der Waals surface area contributed by atoms with Gasteiger partial charge >= 0.3 is 0 Å². The summed E-state index contributed by atoms with van der Waals surface area (Å²) in [6.07, 6.45) is 0.734. The van der Waals surface area contributed by atoms with Crippen LogP contribution < -0.4 is 10.6 Å². The summed E-state index contributed by atoms with van der Waals surface area (Å²) in [5.41, 5.74) is 2.84. The molecule has 2 rings (SSSR count). The van der Waals surface area contributed by atoms with E-state index in [0.29, 0.717) is 31.2 Å². The quantitative estimate of drug-likeness (QED) is 0.286. The van der Waals surface area contributed by atoms with Gasteiger partial charge in [0.25, 0.3) is 5.91 Å². The van der Waals surface area contributed by atoms with E-state index in [1.54, 1.807) is 26.0 Å². The van der Waals surface area contributed by atoms with Gasteiger partial charge in [-0.15, -0.1) is 24.0 Å². The molecular weight excluding hydrogens is 517 g/mol. The Morgan fingerprint density at radius 3 is 2.28 bits per heavy atom. The van der Waals surface area contributed by atoms with Crippen molar-refractivity contribution in [3.05, 3.63) is 71.3 Å². The molecule has 0 fully saturated rings. The fourth-order valence-corrected chi connectivity index (χ4v) is 3.12. The number of likely N-dealkylation sites (N-methyl/N-ethyl adjacent to an activating group) is 1. The van der Waals surface area contributed by atoms with E-state index >= 15 is 0 Å². The van der Waals surface area contributed by atoms with E-state index in [1.165, 1.54) is 0 Å². The Hall–Kier alpha value is -2.62. The molecule has 2 N–H and O–H groups in total. The number of halogens is 1. The predicted octanol–water partition coefficient (Wildman–Crippen LogP) is 2.76. The van der Waals surface area contributed by atoms with Gasteiger partial charge < -0.3 is 20.4 Å². The van der Waals surface area contributed by atoms with Crippen LogP contribution in [0.3, 0.4) is 0 Å². The maximum Gasteiger partial charge on any atom is 0.253 e. The zero-order valence-electron chi connectivity index (χ0n) is 19.3.